The first-order chi connectivity index (χ1) is 16.8. The zero-order chi connectivity index (χ0) is 24.7. The van der Waals surface area contributed by atoms with Crippen LogP contribution in [-0.2, 0) is 6.42 Å². The van der Waals surface area contributed by atoms with Crippen molar-refractivity contribution in [3.63, 3.8) is 0 Å². The van der Waals surface area contributed by atoms with Crippen molar-refractivity contribution in [2.75, 3.05) is 18.5 Å². The van der Waals surface area contributed by atoms with Gasteiger partial charge in [-0.05, 0) is 87.0 Å². The molecule has 3 atom stereocenters. The van der Waals surface area contributed by atoms with Crippen molar-refractivity contribution in [2.45, 2.75) is 70.2 Å². The van der Waals surface area contributed by atoms with Gasteiger partial charge in [0.1, 0.15) is 18.0 Å². The molecule has 35 heavy (non-hydrogen) atoms. The molecule has 6 heteroatoms. The van der Waals surface area contributed by atoms with Crippen LogP contribution in [0.4, 0.5) is 5.69 Å². The molecule has 0 aliphatic carbocycles. The van der Waals surface area contributed by atoms with Gasteiger partial charge in [-0.25, -0.2) is 0 Å². The summed E-state index contributed by atoms with van der Waals surface area (Å²) >= 11 is 6.63. The smallest absolute Gasteiger partial charge is 0.258 e. The van der Waals surface area contributed by atoms with E-state index in [1.807, 2.05) is 50.2 Å². The average Bonchev–Trinajstić information content (AvgIpc) is 3.04. The number of piperidine rings is 1. The minimum absolute atomic E-state index is 0.0374. The highest BCUT2D eigenvalue weighted by molar-refractivity contribution is 6.32. The molecule has 5 rings (SSSR count). The summed E-state index contributed by atoms with van der Waals surface area (Å²) in [6, 6.07) is 12.5. The fraction of sp³-hybridized carbons (Fsp3) is 0.483. The molecular weight excluding hydrogens is 460 g/mol. The molecule has 2 bridgehead atoms. The van der Waals surface area contributed by atoms with Gasteiger partial charge in [0.2, 0.25) is 0 Å². The van der Waals surface area contributed by atoms with Crippen molar-refractivity contribution in [1.82, 2.24) is 4.90 Å². The second-order valence-electron chi connectivity index (χ2n) is 10.4. The molecular formula is C29H33ClN2O3. The predicted molar refractivity (Wildman–Crippen MR) is 139 cm³/mol. The Morgan fingerprint density at radius 3 is 2.54 bits per heavy atom. The fourth-order valence-corrected chi connectivity index (χ4v) is 5.75. The molecule has 0 saturated carbocycles. The molecule has 5 nitrogen and oxygen atoms in total. The maximum atomic E-state index is 13.3. The number of aliphatic hydroxyl groups excluding tert-OH is 1. The molecule has 0 spiro atoms. The Morgan fingerprint density at radius 1 is 1.11 bits per heavy atom. The number of nitrogens with zero attached hydrogens (tertiary/aromatic N) is 2. The van der Waals surface area contributed by atoms with Gasteiger partial charge in [-0.3, -0.25) is 4.79 Å². The monoisotopic (exact) mass is 492 g/mol. The number of halogens is 1. The van der Waals surface area contributed by atoms with E-state index in [2.05, 4.69) is 23.8 Å². The Labute approximate surface area is 213 Å². The Kier molecular flexibility index (Phi) is 6.81. The van der Waals surface area contributed by atoms with Crippen molar-refractivity contribution in [2.24, 2.45) is 5.92 Å². The van der Waals surface area contributed by atoms with E-state index >= 15 is 0 Å². The van der Waals surface area contributed by atoms with Gasteiger partial charge in [0, 0.05) is 35.4 Å². The first-order valence-electron chi connectivity index (χ1n) is 12.6. The normalized spacial score (nSPS) is 24.7. The largest absolute Gasteiger partial charge is 0.489 e. The SMILES string of the molecule is CC(C)C(O)C#Cc1ccc2c(c1)CCN(c1ccc(OC3CC4CCC(C3)N4C)c(Cl)c1)C2=O. The number of anilines is 1. The molecule has 2 fully saturated rings. The lowest BCUT2D eigenvalue weighted by Crippen LogP contribution is -2.43. The standard InChI is InChI=1S/C29H33ClN2O3/c1-18(2)27(33)10-5-19-4-9-25-20(14-19)12-13-32(29(25)34)23-8-11-28(26(30)17-23)35-24-15-21-6-7-22(16-24)31(21)3/h4,8-9,11,14,17-18,21-22,24,27,33H,6-7,12-13,15-16H2,1-3H3. The third-order valence-electron chi connectivity index (χ3n) is 7.76. The van der Waals surface area contributed by atoms with E-state index in [1.165, 1.54) is 12.8 Å². The molecule has 3 unspecified atom stereocenters. The molecule has 0 radical (unpaired) electrons. The van der Waals surface area contributed by atoms with E-state index in [0.29, 0.717) is 35.0 Å². The molecule has 1 N–H and O–H groups in total. The number of carbonyl (C=O) groups excluding carboxylic acids is 1. The summed E-state index contributed by atoms with van der Waals surface area (Å²) in [7, 11) is 2.22. The Bertz CT molecular complexity index is 1170. The zero-order valence-electron chi connectivity index (χ0n) is 20.6. The van der Waals surface area contributed by atoms with Crippen LogP contribution in [0.15, 0.2) is 36.4 Å². The summed E-state index contributed by atoms with van der Waals surface area (Å²) in [6.45, 7) is 4.44. The Balaban J connectivity index is 1.28. The van der Waals surface area contributed by atoms with Gasteiger partial charge in [0.25, 0.3) is 5.91 Å². The molecule has 184 valence electrons. The second kappa shape index (κ2) is 9.85. The van der Waals surface area contributed by atoms with Crippen LogP contribution in [-0.4, -0.2) is 53.8 Å². The van der Waals surface area contributed by atoms with Crippen LogP contribution in [0.5, 0.6) is 5.75 Å². The zero-order valence-corrected chi connectivity index (χ0v) is 21.4. The first-order valence-corrected chi connectivity index (χ1v) is 13.0. The molecule has 2 aromatic rings. The predicted octanol–water partition coefficient (Wildman–Crippen LogP) is 4.92. The number of carbonyl (C=O) groups is 1. The second-order valence-corrected chi connectivity index (χ2v) is 10.8. The number of rotatable bonds is 4. The number of fused-ring (bicyclic) bond motifs is 3. The van der Waals surface area contributed by atoms with Crippen LogP contribution in [0.1, 0.15) is 61.0 Å². The highest BCUT2D eigenvalue weighted by Crippen LogP contribution is 2.38. The van der Waals surface area contributed by atoms with Crippen LogP contribution in [0.2, 0.25) is 5.02 Å². The summed E-state index contributed by atoms with van der Waals surface area (Å²) in [5.41, 5.74) is 3.27. The van der Waals surface area contributed by atoms with E-state index in [4.69, 9.17) is 16.3 Å². The van der Waals surface area contributed by atoms with E-state index in [9.17, 15) is 9.90 Å². The molecule has 3 aliphatic rings. The van der Waals surface area contributed by atoms with Crippen molar-refractivity contribution in [3.8, 4) is 17.6 Å². The van der Waals surface area contributed by atoms with Gasteiger partial charge in [-0.1, -0.05) is 37.3 Å². The van der Waals surface area contributed by atoms with E-state index in [-0.39, 0.29) is 17.9 Å². The quantitative estimate of drug-likeness (QED) is 0.616. The van der Waals surface area contributed by atoms with Crippen LogP contribution in [0.25, 0.3) is 0 Å². The molecule has 3 aliphatic heterocycles. The van der Waals surface area contributed by atoms with Crippen molar-refractivity contribution < 1.29 is 14.6 Å². The van der Waals surface area contributed by atoms with Crippen molar-refractivity contribution >= 4 is 23.2 Å². The molecule has 1 amide bonds. The summed E-state index contributed by atoms with van der Waals surface area (Å²) in [4.78, 5) is 17.6. The van der Waals surface area contributed by atoms with E-state index in [1.54, 1.807) is 4.90 Å². The fourth-order valence-electron chi connectivity index (χ4n) is 5.53. The van der Waals surface area contributed by atoms with E-state index in [0.717, 1.165) is 36.1 Å². The first kappa shape index (κ1) is 24.2. The highest BCUT2D eigenvalue weighted by Gasteiger charge is 2.39. The Morgan fingerprint density at radius 2 is 1.86 bits per heavy atom. The van der Waals surface area contributed by atoms with Crippen LogP contribution < -0.4 is 9.64 Å². The maximum Gasteiger partial charge on any atom is 0.258 e. The summed E-state index contributed by atoms with van der Waals surface area (Å²) in [6.07, 6.45) is 4.84. The lowest BCUT2D eigenvalue weighted by molar-refractivity contribution is 0.0662. The maximum absolute atomic E-state index is 13.3. The molecule has 2 saturated heterocycles. The molecule has 2 aromatic carbocycles. The van der Waals surface area contributed by atoms with Gasteiger partial charge in [0.05, 0.1) is 5.02 Å². The van der Waals surface area contributed by atoms with Gasteiger partial charge >= 0.3 is 0 Å². The van der Waals surface area contributed by atoms with Gasteiger partial charge in [-0.2, -0.15) is 0 Å². The number of hydrogen-bond acceptors (Lipinski definition) is 4. The Hall–Kier alpha value is -2.52. The topological polar surface area (TPSA) is 53.0 Å². The third kappa shape index (κ3) is 4.93. The van der Waals surface area contributed by atoms with Crippen LogP contribution >= 0.6 is 11.6 Å². The van der Waals surface area contributed by atoms with Gasteiger partial charge in [-0.15, -0.1) is 0 Å². The number of benzene rings is 2. The van der Waals surface area contributed by atoms with Gasteiger partial charge in [0.15, 0.2) is 0 Å². The number of hydrogen-bond donors (Lipinski definition) is 1. The lowest BCUT2D eigenvalue weighted by Gasteiger charge is -2.36. The van der Waals surface area contributed by atoms with Crippen molar-refractivity contribution in [1.29, 1.82) is 0 Å². The summed E-state index contributed by atoms with van der Waals surface area (Å²) in [5, 5.41) is 10.5. The minimum Gasteiger partial charge on any atom is -0.489 e. The van der Waals surface area contributed by atoms with E-state index < -0.39 is 6.10 Å². The number of ether oxygens (including phenoxy) is 1. The highest BCUT2D eigenvalue weighted by atomic mass is 35.5. The average molecular weight is 493 g/mol. The van der Waals surface area contributed by atoms with Crippen LogP contribution in [0.3, 0.4) is 0 Å². The van der Waals surface area contributed by atoms with Gasteiger partial charge < -0.3 is 19.6 Å². The van der Waals surface area contributed by atoms with Crippen LogP contribution in [0, 0.1) is 17.8 Å². The summed E-state index contributed by atoms with van der Waals surface area (Å²) < 4.78 is 6.32. The summed E-state index contributed by atoms with van der Waals surface area (Å²) in [5.74, 6) is 6.66. The minimum atomic E-state index is -0.658. The third-order valence-corrected chi connectivity index (χ3v) is 8.05. The number of aliphatic hydroxyl groups is 1. The molecule has 0 aromatic heterocycles. The van der Waals surface area contributed by atoms with Crippen molar-refractivity contribution in [3.05, 3.63) is 58.1 Å². The lowest BCUT2D eigenvalue weighted by atomic mass is 9.96. The number of amides is 1. The molecule has 3 heterocycles.